The molecule has 0 spiro atoms. The Bertz CT molecular complexity index is 404. The molecule has 1 aromatic rings. The van der Waals surface area contributed by atoms with Crippen molar-refractivity contribution in [3.63, 3.8) is 0 Å². The Morgan fingerprint density at radius 2 is 2.31 bits per heavy atom. The van der Waals surface area contributed by atoms with Crippen molar-refractivity contribution in [2.24, 2.45) is 0 Å². The standard InChI is InChI=1S/C13H16N2O/c1-2-7-14-11(3-1)13-6-8-15(10-4-5-10)9-12(13)16-13/h1-3,7,10,12H,4-6,8-9H2/t12-,13+/m0/s1. The molecule has 4 rings (SSSR count). The average Bonchev–Trinajstić information content (AvgIpc) is 3.22. The van der Waals surface area contributed by atoms with Crippen LogP contribution in [0.15, 0.2) is 24.4 Å². The summed E-state index contributed by atoms with van der Waals surface area (Å²) >= 11 is 0. The Labute approximate surface area is 95.4 Å². The van der Waals surface area contributed by atoms with Crippen LogP contribution in [0.25, 0.3) is 0 Å². The molecule has 3 aliphatic rings. The van der Waals surface area contributed by atoms with Crippen LogP contribution in [0.2, 0.25) is 0 Å². The van der Waals surface area contributed by atoms with E-state index < -0.39 is 0 Å². The van der Waals surface area contributed by atoms with Crippen molar-refractivity contribution in [3.05, 3.63) is 30.1 Å². The number of fused-ring (bicyclic) bond motifs is 1. The third kappa shape index (κ3) is 1.25. The number of hydrogen-bond acceptors (Lipinski definition) is 3. The minimum absolute atomic E-state index is 0.0212. The third-order valence-corrected chi connectivity index (χ3v) is 4.15. The molecule has 1 aliphatic carbocycles. The van der Waals surface area contributed by atoms with Gasteiger partial charge in [-0.25, -0.2) is 0 Å². The van der Waals surface area contributed by atoms with Crippen LogP contribution in [-0.2, 0) is 10.3 Å². The van der Waals surface area contributed by atoms with Crippen molar-refractivity contribution >= 4 is 0 Å². The van der Waals surface area contributed by atoms with Gasteiger partial charge in [0.25, 0.3) is 0 Å². The molecule has 1 aromatic heterocycles. The molecule has 3 heteroatoms. The molecule has 0 N–H and O–H groups in total. The van der Waals surface area contributed by atoms with Crippen molar-refractivity contribution < 1.29 is 4.74 Å². The van der Waals surface area contributed by atoms with Gasteiger partial charge in [0.2, 0.25) is 0 Å². The lowest BCUT2D eigenvalue weighted by Crippen LogP contribution is -2.39. The summed E-state index contributed by atoms with van der Waals surface area (Å²) < 4.78 is 5.96. The number of epoxide rings is 1. The van der Waals surface area contributed by atoms with Gasteiger partial charge in [-0.05, 0) is 31.4 Å². The van der Waals surface area contributed by atoms with E-state index in [9.17, 15) is 0 Å². The number of pyridine rings is 1. The Kier molecular flexibility index (Phi) is 1.74. The Morgan fingerprint density at radius 3 is 3.00 bits per heavy atom. The molecule has 84 valence electrons. The summed E-state index contributed by atoms with van der Waals surface area (Å²) in [4.78, 5) is 7.05. The first-order chi connectivity index (χ1) is 7.88. The Morgan fingerprint density at radius 1 is 1.38 bits per heavy atom. The summed E-state index contributed by atoms with van der Waals surface area (Å²) in [6.45, 7) is 2.29. The maximum absolute atomic E-state index is 5.96. The molecule has 1 saturated carbocycles. The maximum Gasteiger partial charge on any atom is 0.139 e. The zero-order chi connectivity index (χ0) is 10.6. The highest BCUT2D eigenvalue weighted by atomic mass is 16.6. The van der Waals surface area contributed by atoms with E-state index in [0.717, 1.165) is 24.7 Å². The van der Waals surface area contributed by atoms with Crippen molar-refractivity contribution in [2.45, 2.75) is 37.0 Å². The van der Waals surface area contributed by atoms with Crippen LogP contribution in [0.4, 0.5) is 0 Å². The second kappa shape index (κ2) is 3.05. The maximum atomic E-state index is 5.96. The number of piperidine rings is 1. The molecule has 2 aliphatic heterocycles. The van der Waals surface area contributed by atoms with Crippen LogP contribution in [0, 0.1) is 0 Å². The monoisotopic (exact) mass is 216 g/mol. The van der Waals surface area contributed by atoms with E-state index in [2.05, 4.69) is 22.0 Å². The summed E-state index contributed by atoms with van der Waals surface area (Å²) in [5.41, 5.74) is 1.11. The van der Waals surface area contributed by atoms with Gasteiger partial charge in [0.1, 0.15) is 11.7 Å². The molecule has 3 nitrogen and oxygen atoms in total. The molecule has 16 heavy (non-hydrogen) atoms. The molecular weight excluding hydrogens is 200 g/mol. The van der Waals surface area contributed by atoms with Crippen molar-refractivity contribution in [1.82, 2.24) is 9.88 Å². The summed E-state index contributed by atoms with van der Waals surface area (Å²) in [5, 5.41) is 0. The van der Waals surface area contributed by atoms with E-state index in [4.69, 9.17) is 4.74 Å². The van der Waals surface area contributed by atoms with Crippen LogP contribution in [-0.4, -0.2) is 35.1 Å². The molecule has 0 radical (unpaired) electrons. The van der Waals surface area contributed by atoms with Crippen molar-refractivity contribution in [1.29, 1.82) is 0 Å². The molecular formula is C13H16N2O. The zero-order valence-electron chi connectivity index (χ0n) is 9.30. The minimum atomic E-state index is -0.0212. The largest absolute Gasteiger partial charge is 0.358 e. The molecule has 0 aromatic carbocycles. The van der Waals surface area contributed by atoms with Crippen LogP contribution in [0.1, 0.15) is 25.0 Å². The van der Waals surface area contributed by atoms with Gasteiger partial charge in [-0.3, -0.25) is 9.88 Å². The molecule has 0 amide bonds. The predicted octanol–water partition coefficient (Wildman–Crippen LogP) is 1.54. The summed E-state index contributed by atoms with van der Waals surface area (Å²) in [6, 6.07) is 7.00. The fourth-order valence-electron chi connectivity index (χ4n) is 2.98. The van der Waals surface area contributed by atoms with Crippen LogP contribution in [0.3, 0.4) is 0 Å². The van der Waals surface area contributed by atoms with Crippen LogP contribution >= 0.6 is 0 Å². The Hall–Kier alpha value is -0.930. The van der Waals surface area contributed by atoms with E-state index >= 15 is 0 Å². The molecule has 0 unspecified atom stereocenters. The van der Waals surface area contributed by atoms with Gasteiger partial charge in [0.15, 0.2) is 0 Å². The van der Waals surface area contributed by atoms with E-state index in [1.54, 1.807) is 0 Å². The van der Waals surface area contributed by atoms with Gasteiger partial charge in [-0.2, -0.15) is 0 Å². The van der Waals surface area contributed by atoms with E-state index in [1.807, 2.05) is 12.3 Å². The summed E-state index contributed by atoms with van der Waals surface area (Å²) in [6.07, 6.45) is 6.17. The lowest BCUT2D eigenvalue weighted by molar-refractivity contribution is 0.214. The molecule has 2 atom stereocenters. The fraction of sp³-hybridized carbons (Fsp3) is 0.615. The first-order valence-electron chi connectivity index (χ1n) is 6.22. The number of nitrogens with zero attached hydrogens (tertiary/aromatic N) is 2. The van der Waals surface area contributed by atoms with Gasteiger partial charge in [0.05, 0.1) is 5.69 Å². The lowest BCUT2D eigenvalue weighted by Gasteiger charge is -2.27. The number of hydrogen-bond donors (Lipinski definition) is 0. The van der Waals surface area contributed by atoms with Gasteiger partial charge in [-0.15, -0.1) is 0 Å². The van der Waals surface area contributed by atoms with Gasteiger partial charge in [-0.1, -0.05) is 6.07 Å². The Balaban J connectivity index is 1.55. The second-order valence-electron chi connectivity index (χ2n) is 5.19. The quantitative estimate of drug-likeness (QED) is 0.702. The lowest BCUT2D eigenvalue weighted by atomic mass is 9.92. The highest BCUT2D eigenvalue weighted by Gasteiger charge is 2.61. The first kappa shape index (κ1) is 9.14. The highest BCUT2D eigenvalue weighted by molar-refractivity contribution is 5.24. The predicted molar refractivity (Wildman–Crippen MR) is 60.0 cm³/mol. The number of aromatic nitrogens is 1. The number of ether oxygens (including phenoxy) is 1. The topological polar surface area (TPSA) is 28.7 Å². The van der Waals surface area contributed by atoms with Crippen LogP contribution in [0.5, 0.6) is 0 Å². The first-order valence-corrected chi connectivity index (χ1v) is 6.22. The van der Waals surface area contributed by atoms with E-state index in [1.165, 1.54) is 19.4 Å². The zero-order valence-corrected chi connectivity index (χ0v) is 9.30. The van der Waals surface area contributed by atoms with Gasteiger partial charge in [0, 0.05) is 25.3 Å². The molecule has 3 heterocycles. The normalized spacial score (nSPS) is 38.1. The smallest absolute Gasteiger partial charge is 0.139 e. The van der Waals surface area contributed by atoms with Gasteiger partial charge < -0.3 is 4.74 Å². The van der Waals surface area contributed by atoms with Crippen molar-refractivity contribution in [3.8, 4) is 0 Å². The molecule has 2 saturated heterocycles. The molecule has 3 fully saturated rings. The van der Waals surface area contributed by atoms with Crippen molar-refractivity contribution in [2.75, 3.05) is 13.1 Å². The number of rotatable bonds is 2. The second-order valence-corrected chi connectivity index (χ2v) is 5.19. The number of likely N-dealkylation sites (tertiary alicyclic amines) is 1. The van der Waals surface area contributed by atoms with Crippen LogP contribution < -0.4 is 0 Å². The molecule has 0 bridgehead atoms. The fourth-order valence-corrected chi connectivity index (χ4v) is 2.98. The summed E-state index contributed by atoms with van der Waals surface area (Å²) in [7, 11) is 0. The third-order valence-electron chi connectivity index (χ3n) is 4.15. The average molecular weight is 216 g/mol. The summed E-state index contributed by atoms with van der Waals surface area (Å²) in [5.74, 6) is 0. The van der Waals surface area contributed by atoms with E-state index in [-0.39, 0.29) is 5.60 Å². The SMILES string of the molecule is c1ccc([C@]23CCN(C4CC4)C[C@@H]2O3)nc1. The minimum Gasteiger partial charge on any atom is -0.358 e. The van der Waals surface area contributed by atoms with Gasteiger partial charge >= 0.3 is 0 Å². The van der Waals surface area contributed by atoms with E-state index in [0.29, 0.717) is 6.10 Å². The highest BCUT2D eigenvalue weighted by Crippen LogP contribution is 2.52.